The summed E-state index contributed by atoms with van der Waals surface area (Å²) in [5, 5.41) is 0. The van der Waals surface area contributed by atoms with Gasteiger partial charge >= 0.3 is 0 Å². The third-order valence-electron chi connectivity index (χ3n) is 3.31. The Balaban J connectivity index is 2.33. The molecule has 1 unspecified atom stereocenters. The number of ether oxygens (including phenoxy) is 1. The molecule has 7 heteroatoms. The van der Waals surface area contributed by atoms with E-state index in [1.54, 1.807) is 11.1 Å². The van der Waals surface area contributed by atoms with Crippen LogP contribution in [-0.2, 0) is 4.74 Å². The molecule has 1 atom stereocenters. The number of rotatable bonds is 3. The largest absolute Gasteiger partial charge is 0.377 e. The molecular weight excluding hydrogens is 258 g/mol. The smallest absolute Gasteiger partial charge is 0.275 e. The summed E-state index contributed by atoms with van der Waals surface area (Å²) in [6.07, 6.45) is 1.56. The van der Waals surface area contributed by atoms with E-state index in [2.05, 4.69) is 15.4 Å². The van der Waals surface area contributed by atoms with Crippen molar-refractivity contribution in [2.75, 3.05) is 25.2 Å². The summed E-state index contributed by atoms with van der Waals surface area (Å²) >= 11 is 0. The van der Waals surface area contributed by atoms with Crippen LogP contribution in [0.25, 0.3) is 0 Å². The van der Waals surface area contributed by atoms with Gasteiger partial charge in [0.05, 0.1) is 31.1 Å². The van der Waals surface area contributed by atoms with E-state index in [0.717, 1.165) is 0 Å². The number of hydrogen-bond acceptors (Lipinski definition) is 6. The number of hydrogen-bond donors (Lipinski definition) is 2. The number of morpholine rings is 1. The molecule has 0 radical (unpaired) electrons. The lowest BCUT2D eigenvalue weighted by Gasteiger charge is -2.33. The molecule has 20 heavy (non-hydrogen) atoms. The molecule has 1 aliphatic heterocycles. The fourth-order valence-electron chi connectivity index (χ4n) is 2.11. The predicted molar refractivity (Wildman–Crippen MR) is 75.2 cm³/mol. The molecule has 1 aliphatic rings. The lowest BCUT2D eigenvalue weighted by molar-refractivity contribution is 0.00330. The fraction of sp³-hybridized carbons (Fsp3) is 0.615. The molecule has 1 aromatic rings. The van der Waals surface area contributed by atoms with Gasteiger partial charge in [0.2, 0.25) is 0 Å². The van der Waals surface area contributed by atoms with Crippen molar-refractivity contribution in [3.05, 3.63) is 17.7 Å². The zero-order valence-electron chi connectivity index (χ0n) is 12.1. The fourth-order valence-corrected chi connectivity index (χ4v) is 2.11. The third kappa shape index (κ3) is 2.88. The average molecular weight is 279 g/mol. The van der Waals surface area contributed by atoms with Crippen molar-refractivity contribution in [1.82, 2.24) is 14.9 Å². The summed E-state index contributed by atoms with van der Waals surface area (Å²) in [5.74, 6) is 6.09. The van der Waals surface area contributed by atoms with Gasteiger partial charge in [0, 0.05) is 12.5 Å². The Labute approximate surface area is 118 Å². The number of anilines is 1. The van der Waals surface area contributed by atoms with Gasteiger partial charge in [-0.15, -0.1) is 0 Å². The van der Waals surface area contributed by atoms with Crippen LogP contribution < -0.4 is 11.3 Å². The summed E-state index contributed by atoms with van der Waals surface area (Å²) in [6, 6.07) is 0.0272. The van der Waals surface area contributed by atoms with E-state index in [4.69, 9.17) is 10.6 Å². The van der Waals surface area contributed by atoms with Crippen molar-refractivity contribution >= 4 is 11.6 Å². The summed E-state index contributed by atoms with van der Waals surface area (Å²) in [7, 11) is 0. The van der Waals surface area contributed by atoms with Gasteiger partial charge in [-0.25, -0.2) is 9.97 Å². The van der Waals surface area contributed by atoms with Crippen LogP contribution in [-0.4, -0.2) is 46.6 Å². The SMILES string of the molecule is CC(C)c1ncc(NN)c(C(=O)N2CCOCC2C)n1. The minimum atomic E-state index is -0.141. The maximum absolute atomic E-state index is 12.6. The zero-order chi connectivity index (χ0) is 14.7. The molecule has 1 saturated heterocycles. The first kappa shape index (κ1) is 14.7. The lowest BCUT2D eigenvalue weighted by Crippen LogP contribution is -2.47. The van der Waals surface area contributed by atoms with Gasteiger partial charge in [-0.1, -0.05) is 13.8 Å². The van der Waals surface area contributed by atoms with E-state index >= 15 is 0 Å². The predicted octanol–water partition coefficient (Wildman–Crippen LogP) is 0.746. The van der Waals surface area contributed by atoms with E-state index < -0.39 is 0 Å². The molecule has 1 aromatic heterocycles. The minimum Gasteiger partial charge on any atom is -0.377 e. The van der Waals surface area contributed by atoms with Gasteiger partial charge in [-0.05, 0) is 6.92 Å². The quantitative estimate of drug-likeness (QED) is 0.626. The topological polar surface area (TPSA) is 93.4 Å². The monoisotopic (exact) mass is 279 g/mol. The minimum absolute atomic E-state index is 0.0272. The van der Waals surface area contributed by atoms with Crippen molar-refractivity contribution in [2.24, 2.45) is 5.84 Å². The summed E-state index contributed by atoms with van der Waals surface area (Å²) in [5.41, 5.74) is 3.25. The molecule has 3 N–H and O–H groups in total. The molecule has 2 heterocycles. The van der Waals surface area contributed by atoms with Crippen LogP contribution in [0, 0.1) is 0 Å². The van der Waals surface area contributed by atoms with E-state index in [9.17, 15) is 4.79 Å². The first-order valence-corrected chi connectivity index (χ1v) is 6.76. The van der Waals surface area contributed by atoms with Crippen LogP contribution in [0.4, 0.5) is 5.69 Å². The van der Waals surface area contributed by atoms with E-state index in [0.29, 0.717) is 37.0 Å². The molecule has 0 saturated carbocycles. The molecule has 7 nitrogen and oxygen atoms in total. The summed E-state index contributed by atoms with van der Waals surface area (Å²) in [6.45, 7) is 7.57. The number of carbonyl (C=O) groups is 1. The third-order valence-corrected chi connectivity index (χ3v) is 3.31. The highest BCUT2D eigenvalue weighted by Gasteiger charge is 2.28. The Morgan fingerprint density at radius 2 is 2.35 bits per heavy atom. The van der Waals surface area contributed by atoms with Crippen molar-refractivity contribution in [3.63, 3.8) is 0 Å². The maximum Gasteiger partial charge on any atom is 0.275 e. The van der Waals surface area contributed by atoms with Crippen molar-refractivity contribution in [3.8, 4) is 0 Å². The average Bonchev–Trinajstić information content (AvgIpc) is 2.46. The molecule has 0 aromatic carbocycles. The number of nitrogens with zero attached hydrogens (tertiary/aromatic N) is 3. The normalized spacial score (nSPS) is 19.2. The number of carbonyl (C=O) groups excluding carboxylic acids is 1. The second-order valence-electron chi connectivity index (χ2n) is 5.21. The van der Waals surface area contributed by atoms with Gasteiger partial charge in [-0.3, -0.25) is 10.6 Å². The molecule has 2 rings (SSSR count). The molecule has 110 valence electrons. The van der Waals surface area contributed by atoms with Gasteiger partial charge in [-0.2, -0.15) is 0 Å². The number of nitrogens with one attached hydrogen (secondary N) is 1. The number of nitrogens with two attached hydrogens (primary N) is 1. The van der Waals surface area contributed by atoms with Gasteiger partial charge < -0.3 is 15.1 Å². The zero-order valence-corrected chi connectivity index (χ0v) is 12.1. The van der Waals surface area contributed by atoms with Crippen LogP contribution in [0.5, 0.6) is 0 Å². The van der Waals surface area contributed by atoms with Crippen LogP contribution in [0.3, 0.4) is 0 Å². The number of nitrogen functional groups attached to an aromatic ring is 1. The van der Waals surface area contributed by atoms with E-state index in [1.807, 2.05) is 20.8 Å². The highest BCUT2D eigenvalue weighted by Crippen LogP contribution is 2.19. The highest BCUT2D eigenvalue weighted by molar-refractivity contribution is 5.97. The Hall–Kier alpha value is -1.73. The second kappa shape index (κ2) is 6.15. The van der Waals surface area contributed by atoms with Gasteiger partial charge in [0.15, 0.2) is 5.69 Å². The van der Waals surface area contributed by atoms with Gasteiger partial charge in [0.1, 0.15) is 5.82 Å². The molecule has 1 fully saturated rings. The standard InChI is InChI=1S/C13H21N5O2/c1-8(2)12-15-6-10(17-14)11(16-12)13(19)18-4-5-20-7-9(18)3/h6,8-9,17H,4-5,7,14H2,1-3H3. The molecule has 0 bridgehead atoms. The van der Waals surface area contributed by atoms with Crippen LogP contribution >= 0.6 is 0 Å². The first-order chi connectivity index (χ1) is 9.54. The van der Waals surface area contributed by atoms with Crippen LogP contribution in [0.1, 0.15) is 43.0 Å². The highest BCUT2D eigenvalue weighted by atomic mass is 16.5. The lowest BCUT2D eigenvalue weighted by atomic mass is 10.2. The first-order valence-electron chi connectivity index (χ1n) is 6.76. The number of aromatic nitrogens is 2. The van der Waals surface area contributed by atoms with Gasteiger partial charge in [0.25, 0.3) is 5.91 Å². The number of hydrazine groups is 1. The Kier molecular flexibility index (Phi) is 4.51. The van der Waals surface area contributed by atoms with Crippen LogP contribution in [0.15, 0.2) is 6.20 Å². The molecule has 1 amide bonds. The summed E-state index contributed by atoms with van der Waals surface area (Å²) < 4.78 is 5.35. The Bertz CT molecular complexity index is 492. The van der Waals surface area contributed by atoms with Crippen molar-refractivity contribution in [1.29, 1.82) is 0 Å². The Morgan fingerprint density at radius 1 is 1.60 bits per heavy atom. The Morgan fingerprint density at radius 3 is 2.95 bits per heavy atom. The molecule has 0 aliphatic carbocycles. The van der Waals surface area contributed by atoms with E-state index in [1.165, 1.54) is 0 Å². The van der Waals surface area contributed by atoms with E-state index in [-0.39, 0.29) is 17.9 Å². The second-order valence-corrected chi connectivity index (χ2v) is 5.21. The van der Waals surface area contributed by atoms with Crippen LogP contribution in [0.2, 0.25) is 0 Å². The molecular formula is C13H21N5O2. The maximum atomic E-state index is 12.6. The van der Waals surface area contributed by atoms with Crippen molar-refractivity contribution < 1.29 is 9.53 Å². The summed E-state index contributed by atoms with van der Waals surface area (Å²) in [4.78, 5) is 23.0. The van der Waals surface area contributed by atoms with Crippen molar-refractivity contribution in [2.45, 2.75) is 32.7 Å². The molecule has 0 spiro atoms. The number of amides is 1.